The molecule has 2 fully saturated rings. The van der Waals surface area contributed by atoms with Crippen molar-refractivity contribution in [1.29, 1.82) is 0 Å². The second-order valence-electron chi connectivity index (χ2n) is 5.70. The minimum Gasteiger partial charge on any atom is -0.341 e. The van der Waals surface area contributed by atoms with Crippen LogP contribution in [0.5, 0.6) is 0 Å². The summed E-state index contributed by atoms with van der Waals surface area (Å²) in [5.74, 6) is 1.96. The smallest absolute Gasteiger partial charge is 0.233 e. The molecular formula is C14H20N4OS. The summed E-state index contributed by atoms with van der Waals surface area (Å²) in [6.45, 7) is 7.84. The van der Waals surface area contributed by atoms with Crippen LogP contribution in [0, 0.1) is 25.7 Å². The van der Waals surface area contributed by atoms with E-state index in [0.29, 0.717) is 22.7 Å². The fraction of sp³-hybridized carbons (Fsp3) is 0.643. The lowest BCUT2D eigenvalue weighted by molar-refractivity contribution is -0.127. The molecule has 6 heteroatoms. The SMILES string of the molecule is Cc1cc(C)nc(SCC(=O)N2C[C@H]3CNC[C@H]3C2)n1. The molecular weight excluding hydrogens is 272 g/mol. The van der Waals surface area contributed by atoms with Gasteiger partial charge in [-0.3, -0.25) is 4.79 Å². The summed E-state index contributed by atoms with van der Waals surface area (Å²) in [6.07, 6.45) is 0. The third-order valence-corrected chi connectivity index (χ3v) is 4.86. The molecule has 5 nitrogen and oxygen atoms in total. The molecule has 108 valence electrons. The fourth-order valence-corrected chi connectivity index (χ4v) is 3.89. The van der Waals surface area contributed by atoms with Crippen molar-refractivity contribution in [2.24, 2.45) is 11.8 Å². The number of hydrogen-bond donors (Lipinski definition) is 1. The molecule has 1 aromatic heterocycles. The van der Waals surface area contributed by atoms with Gasteiger partial charge in [-0.1, -0.05) is 11.8 Å². The number of aromatic nitrogens is 2. The highest BCUT2D eigenvalue weighted by Crippen LogP contribution is 2.27. The number of carbonyl (C=O) groups excluding carboxylic acids is 1. The average molecular weight is 292 g/mol. The Morgan fingerprint density at radius 3 is 2.50 bits per heavy atom. The Morgan fingerprint density at radius 2 is 1.90 bits per heavy atom. The minimum atomic E-state index is 0.215. The number of fused-ring (bicyclic) bond motifs is 1. The zero-order chi connectivity index (χ0) is 14.1. The van der Waals surface area contributed by atoms with Crippen LogP contribution in [0.1, 0.15) is 11.4 Å². The van der Waals surface area contributed by atoms with Crippen molar-refractivity contribution < 1.29 is 4.79 Å². The number of thioether (sulfide) groups is 1. The van der Waals surface area contributed by atoms with Gasteiger partial charge in [0.15, 0.2) is 5.16 Å². The van der Waals surface area contributed by atoms with E-state index in [-0.39, 0.29) is 5.91 Å². The highest BCUT2D eigenvalue weighted by Gasteiger charge is 2.37. The normalized spacial score (nSPS) is 25.0. The fourth-order valence-electron chi connectivity index (χ4n) is 3.03. The molecule has 0 saturated carbocycles. The number of likely N-dealkylation sites (tertiary alicyclic amines) is 1. The van der Waals surface area contributed by atoms with Gasteiger partial charge in [-0.25, -0.2) is 9.97 Å². The number of aryl methyl sites for hydroxylation is 2. The predicted octanol–water partition coefficient (Wildman–Crippen LogP) is 0.863. The van der Waals surface area contributed by atoms with Gasteiger partial charge in [0, 0.05) is 37.6 Å². The lowest BCUT2D eigenvalue weighted by Crippen LogP contribution is -2.33. The Hall–Kier alpha value is -1.14. The van der Waals surface area contributed by atoms with Crippen LogP contribution >= 0.6 is 11.8 Å². The number of rotatable bonds is 3. The van der Waals surface area contributed by atoms with Crippen LogP contribution in [0.4, 0.5) is 0 Å². The molecule has 1 amide bonds. The molecule has 3 rings (SSSR count). The van der Waals surface area contributed by atoms with Crippen molar-refractivity contribution in [3.05, 3.63) is 17.5 Å². The molecule has 0 spiro atoms. The first-order valence-corrected chi connectivity index (χ1v) is 8.04. The molecule has 20 heavy (non-hydrogen) atoms. The zero-order valence-corrected chi connectivity index (χ0v) is 12.7. The molecule has 0 radical (unpaired) electrons. The zero-order valence-electron chi connectivity index (χ0n) is 11.9. The summed E-state index contributed by atoms with van der Waals surface area (Å²) in [7, 11) is 0. The van der Waals surface area contributed by atoms with Crippen LogP contribution in [0.2, 0.25) is 0 Å². The summed E-state index contributed by atoms with van der Waals surface area (Å²) in [4.78, 5) is 23.0. The Bertz CT molecular complexity index is 490. The number of amides is 1. The lowest BCUT2D eigenvalue weighted by Gasteiger charge is -2.17. The van der Waals surface area contributed by atoms with Gasteiger partial charge in [0.2, 0.25) is 5.91 Å². The maximum Gasteiger partial charge on any atom is 0.233 e. The van der Waals surface area contributed by atoms with Gasteiger partial charge < -0.3 is 10.2 Å². The third kappa shape index (κ3) is 2.96. The summed E-state index contributed by atoms with van der Waals surface area (Å²) in [5.41, 5.74) is 1.91. The van der Waals surface area contributed by atoms with Crippen LogP contribution in [-0.4, -0.2) is 52.7 Å². The summed E-state index contributed by atoms with van der Waals surface area (Å²) in [6, 6.07) is 1.94. The minimum absolute atomic E-state index is 0.215. The molecule has 2 atom stereocenters. The first-order chi connectivity index (χ1) is 9.61. The van der Waals surface area contributed by atoms with E-state index in [1.807, 2.05) is 24.8 Å². The van der Waals surface area contributed by atoms with Gasteiger partial charge in [0.25, 0.3) is 0 Å². The number of hydrogen-bond acceptors (Lipinski definition) is 5. The van der Waals surface area contributed by atoms with E-state index in [1.165, 1.54) is 11.8 Å². The van der Waals surface area contributed by atoms with Crippen LogP contribution in [0.15, 0.2) is 11.2 Å². The molecule has 2 aliphatic rings. The van der Waals surface area contributed by atoms with Gasteiger partial charge in [0.05, 0.1) is 5.75 Å². The molecule has 2 aliphatic heterocycles. The summed E-state index contributed by atoms with van der Waals surface area (Å²) in [5, 5.41) is 4.10. The summed E-state index contributed by atoms with van der Waals surface area (Å²) < 4.78 is 0. The Balaban J connectivity index is 1.54. The van der Waals surface area contributed by atoms with Gasteiger partial charge >= 0.3 is 0 Å². The van der Waals surface area contributed by atoms with E-state index in [9.17, 15) is 4.79 Å². The molecule has 0 aromatic carbocycles. The van der Waals surface area contributed by atoms with E-state index in [2.05, 4.69) is 15.3 Å². The molecule has 0 bridgehead atoms. The molecule has 1 aromatic rings. The Morgan fingerprint density at radius 1 is 1.30 bits per heavy atom. The summed E-state index contributed by atoms with van der Waals surface area (Å²) >= 11 is 1.44. The second kappa shape index (κ2) is 5.69. The van der Waals surface area contributed by atoms with Gasteiger partial charge in [-0.15, -0.1) is 0 Å². The number of nitrogens with one attached hydrogen (secondary N) is 1. The third-order valence-electron chi connectivity index (χ3n) is 4.03. The van der Waals surface area contributed by atoms with E-state index in [1.54, 1.807) is 0 Å². The van der Waals surface area contributed by atoms with Crippen LogP contribution in [-0.2, 0) is 4.79 Å². The van der Waals surface area contributed by atoms with Gasteiger partial charge in [-0.2, -0.15) is 0 Å². The van der Waals surface area contributed by atoms with Crippen molar-refractivity contribution in [1.82, 2.24) is 20.2 Å². The van der Waals surface area contributed by atoms with Crippen molar-refractivity contribution in [3.8, 4) is 0 Å². The van der Waals surface area contributed by atoms with Crippen LogP contribution in [0.3, 0.4) is 0 Å². The van der Waals surface area contributed by atoms with Crippen LogP contribution in [0.25, 0.3) is 0 Å². The van der Waals surface area contributed by atoms with E-state index in [0.717, 1.165) is 37.6 Å². The van der Waals surface area contributed by atoms with Gasteiger partial charge in [0.1, 0.15) is 0 Å². The highest BCUT2D eigenvalue weighted by molar-refractivity contribution is 7.99. The predicted molar refractivity (Wildman–Crippen MR) is 78.7 cm³/mol. The molecule has 2 saturated heterocycles. The van der Waals surface area contributed by atoms with Crippen molar-refractivity contribution >= 4 is 17.7 Å². The van der Waals surface area contributed by atoms with Crippen molar-refractivity contribution in [2.75, 3.05) is 31.9 Å². The van der Waals surface area contributed by atoms with Crippen molar-refractivity contribution in [2.45, 2.75) is 19.0 Å². The first kappa shape index (κ1) is 13.8. The quantitative estimate of drug-likeness (QED) is 0.661. The number of carbonyl (C=O) groups is 1. The van der Waals surface area contributed by atoms with Crippen LogP contribution < -0.4 is 5.32 Å². The maximum absolute atomic E-state index is 12.2. The standard InChI is InChI=1S/C14H20N4OS/c1-9-3-10(2)17-14(16-9)20-8-13(19)18-6-11-4-15-5-12(11)7-18/h3,11-12,15H,4-8H2,1-2H3/t11-,12+. The largest absolute Gasteiger partial charge is 0.341 e. The first-order valence-electron chi connectivity index (χ1n) is 7.05. The average Bonchev–Trinajstić information content (AvgIpc) is 2.95. The highest BCUT2D eigenvalue weighted by atomic mass is 32.2. The molecule has 1 N–H and O–H groups in total. The second-order valence-corrected chi connectivity index (χ2v) is 6.64. The monoisotopic (exact) mass is 292 g/mol. The van der Waals surface area contributed by atoms with E-state index in [4.69, 9.17) is 0 Å². The van der Waals surface area contributed by atoms with Crippen molar-refractivity contribution in [3.63, 3.8) is 0 Å². The lowest BCUT2D eigenvalue weighted by atomic mass is 10.0. The Labute approximate surface area is 123 Å². The molecule has 0 unspecified atom stereocenters. The van der Waals surface area contributed by atoms with E-state index >= 15 is 0 Å². The Kier molecular flexibility index (Phi) is 3.94. The van der Waals surface area contributed by atoms with Gasteiger partial charge in [-0.05, 0) is 31.7 Å². The topological polar surface area (TPSA) is 58.1 Å². The molecule has 3 heterocycles. The molecule has 0 aliphatic carbocycles. The van der Waals surface area contributed by atoms with E-state index < -0.39 is 0 Å². The maximum atomic E-state index is 12.2. The number of nitrogens with zero attached hydrogens (tertiary/aromatic N) is 3.